The number of aromatic nitrogens is 2. The molecular formula is C21H29BBrN3O4. The number of amides is 1. The van der Waals surface area contributed by atoms with Gasteiger partial charge in [0.1, 0.15) is 5.60 Å². The highest BCUT2D eigenvalue weighted by Gasteiger charge is 2.52. The molecule has 1 fully saturated rings. The number of hydrogen-bond donors (Lipinski definition) is 2. The van der Waals surface area contributed by atoms with Gasteiger partial charge in [-0.25, -0.2) is 4.79 Å². The molecule has 1 amide bonds. The van der Waals surface area contributed by atoms with Crippen LogP contribution in [0.3, 0.4) is 0 Å². The van der Waals surface area contributed by atoms with E-state index in [2.05, 4.69) is 31.4 Å². The van der Waals surface area contributed by atoms with Gasteiger partial charge in [0.2, 0.25) is 0 Å². The van der Waals surface area contributed by atoms with Crippen molar-refractivity contribution in [1.82, 2.24) is 15.5 Å². The van der Waals surface area contributed by atoms with Crippen LogP contribution in [0.5, 0.6) is 0 Å². The number of hydrogen-bond acceptors (Lipinski definition) is 5. The molecule has 30 heavy (non-hydrogen) atoms. The number of fused-ring (bicyclic) bond motifs is 1. The van der Waals surface area contributed by atoms with E-state index < -0.39 is 30.0 Å². The highest BCUT2D eigenvalue weighted by molar-refractivity contribution is 9.10. The quantitative estimate of drug-likeness (QED) is 0.613. The number of alkyl carbamates (subject to hydrolysis) is 1. The molecule has 1 aromatic carbocycles. The number of rotatable bonds is 4. The summed E-state index contributed by atoms with van der Waals surface area (Å²) in [4.78, 5) is 12.2. The summed E-state index contributed by atoms with van der Waals surface area (Å²) in [7, 11) is -0.612. The molecule has 2 heterocycles. The topological polar surface area (TPSA) is 85.5 Å². The number of ether oxygens (including phenoxy) is 1. The molecule has 0 aliphatic carbocycles. The van der Waals surface area contributed by atoms with Gasteiger partial charge in [-0.2, -0.15) is 5.10 Å². The van der Waals surface area contributed by atoms with Crippen molar-refractivity contribution >= 4 is 46.1 Å². The van der Waals surface area contributed by atoms with Gasteiger partial charge < -0.3 is 19.4 Å². The van der Waals surface area contributed by atoms with E-state index in [4.69, 9.17) is 14.0 Å². The van der Waals surface area contributed by atoms with E-state index in [-0.39, 0.29) is 6.54 Å². The largest absolute Gasteiger partial charge is 0.492 e. The number of H-pyrrole nitrogens is 1. The molecule has 1 aliphatic heterocycles. The average Bonchev–Trinajstić information content (AvgIpc) is 3.06. The standard InChI is InChI=1S/C21H29BBrN3O4/c1-19(2,3)28-18(27)24-12-13(22-29-20(4,5)21(6,7)30-22)10-16-15-9-8-14(23)11-17(15)26-25-16/h8-11H,12H2,1-7H3,(H,24,27)(H,25,26). The summed E-state index contributed by atoms with van der Waals surface area (Å²) in [5.74, 6) is 0. The Labute approximate surface area is 186 Å². The highest BCUT2D eigenvalue weighted by atomic mass is 79.9. The first-order valence-corrected chi connectivity index (χ1v) is 10.7. The van der Waals surface area contributed by atoms with Gasteiger partial charge in [-0.15, -0.1) is 0 Å². The molecule has 9 heteroatoms. The summed E-state index contributed by atoms with van der Waals surface area (Å²) >= 11 is 3.47. The second kappa shape index (κ2) is 8.02. The third kappa shape index (κ3) is 5.07. The van der Waals surface area contributed by atoms with Crippen LogP contribution in [0.15, 0.2) is 28.1 Å². The molecule has 1 aromatic heterocycles. The molecular weight excluding hydrogens is 449 g/mol. The molecule has 2 N–H and O–H groups in total. The predicted octanol–water partition coefficient (Wildman–Crippen LogP) is 4.86. The van der Waals surface area contributed by atoms with Crippen LogP contribution in [0.1, 0.15) is 54.2 Å². The van der Waals surface area contributed by atoms with Gasteiger partial charge in [0.25, 0.3) is 0 Å². The maximum absolute atomic E-state index is 12.2. The zero-order valence-corrected chi connectivity index (χ0v) is 20.1. The summed E-state index contributed by atoms with van der Waals surface area (Å²) in [5.41, 5.74) is 0.837. The van der Waals surface area contributed by atoms with Gasteiger partial charge in [-0.1, -0.05) is 15.9 Å². The van der Waals surface area contributed by atoms with Crippen LogP contribution in [0, 0.1) is 0 Å². The molecule has 162 valence electrons. The highest BCUT2D eigenvalue weighted by Crippen LogP contribution is 2.39. The third-order valence-electron chi connectivity index (χ3n) is 5.27. The Balaban J connectivity index is 1.91. The Morgan fingerprint density at radius 1 is 1.27 bits per heavy atom. The van der Waals surface area contributed by atoms with Crippen molar-refractivity contribution in [3.8, 4) is 0 Å². The molecule has 2 aromatic rings. The number of aromatic amines is 1. The zero-order chi connectivity index (χ0) is 22.3. The molecule has 1 saturated heterocycles. The number of nitrogens with one attached hydrogen (secondary N) is 2. The fourth-order valence-corrected chi connectivity index (χ4v) is 3.34. The summed E-state index contributed by atoms with van der Waals surface area (Å²) in [6, 6.07) is 5.89. The van der Waals surface area contributed by atoms with Crippen LogP contribution >= 0.6 is 15.9 Å². The Morgan fingerprint density at radius 2 is 1.90 bits per heavy atom. The van der Waals surface area contributed by atoms with Crippen molar-refractivity contribution in [3.63, 3.8) is 0 Å². The van der Waals surface area contributed by atoms with Gasteiger partial charge in [0.05, 0.1) is 22.4 Å². The lowest BCUT2D eigenvalue weighted by Gasteiger charge is -2.32. The lowest BCUT2D eigenvalue weighted by molar-refractivity contribution is 0.00578. The molecule has 0 unspecified atom stereocenters. The Morgan fingerprint density at radius 3 is 2.50 bits per heavy atom. The smallest absolute Gasteiger partial charge is 0.444 e. The van der Waals surface area contributed by atoms with Crippen molar-refractivity contribution in [2.75, 3.05) is 6.54 Å². The van der Waals surface area contributed by atoms with E-state index in [1.54, 1.807) is 0 Å². The van der Waals surface area contributed by atoms with Crippen LogP contribution in [0.4, 0.5) is 4.79 Å². The SMILES string of the molecule is CC(C)(C)OC(=O)NCC(=Cc1[nH]nc2cc(Br)ccc12)B1OC(C)(C)C(C)(C)O1. The molecule has 0 saturated carbocycles. The van der Waals surface area contributed by atoms with Gasteiger partial charge >= 0.3 is 13.2 Å². The second-order valence-electron chi connectivity index (χ2n) is 9.46. The summed E-state index contributed by atoms with van der Waals surface area (Å²) in [5, 5.41) is 11.2. The molecule has 0 atom stereocenters. The lowest BCUT2D eigenvalue weighted by atomic mass is 9.77. The first-order valence-electron chi connectivity index (χ1n) is 9.94. The third-order valence-corrected chi connectivity index (χ3v) is 5.76. The van der Waals surface area contributed by atoms with Gasteiger partial charge in [-0.05, 0) is 78.2 Å². The fourth-order valence-electron chi connectivity index (χ4n) is 2.99. The van der Waals surface area contributed by atoms with Crippen LogP contribution in [-0.2, 0) is 14.0 Å². The zero-order valence-electron chi connectivity index (χ0n) is 18.6. The number of benzene rings is 1. The minimum atomic E-state index is -0.612. The van der Waals surface area contributed by atoms with Gasteiger partial charge in [-0.3, -0.25) is 5.10 Å². The summed E-state index contributed by atoms with van der Waals surface area (Å²) in [6.07, 6.45) is 1.42. The Kier molecular flexibility index (Phi) is 6.10. The van der Waals surface area contributed by atoms with Crippen LogP contribution < -0.4 is 5.32 Å². The molecule has 1 aliphatic rings. The number of carbonyl (C=O) groups is 1. The van der Waals surface area contributed by atoms with Crippen molar-refractivity contribution < 1.29 is 18.8 Å². The number of halogens is 1. The fraction of sp³-hybridized carbons (Fsp3) is 0.524. The average molecular weight is 478 g/mol. The summed E-state index contributed by atoms with van der Waals surface area (Å²) < 4.78 is 18.8. The first-order chi connectivity index (χ1) is 13.8. The lowest BCUT2D eigenvalue weighted by Crippen LogP contribution is -2.41. The molecule has 0 radical (unpaired) electrons. The van der Waals surface area contributed by atoms with E-state index in [1.165, 1.54) is 0 Å². The van der Waals surface area contributed by atoms with Crippen LogP contribution in [0.2, 0.25) is 0 Å². The Bertz CT molecular complexity index is 962. The number of nitrogens with zero attached hydrogens (tertiary/aromatic N) is 1. The van der Waals surface area contributed by atoms with E-state index in [9.17, 15) is 4.79 Å². The van der Waals surface area contributed by atoms with Crippen molar-refractivity contribution in [1.29, 1.82) is 0 Å². The van der Waals surface area contributed by atoms with Crippen LogP contribution in [-0.4, -0.2) is 46.8 Å². The normalized spacial score (nSPS) is 18.7. The van der Waals surface area contributed by atoms with E-state index in [0.29, 0.717) is 0 Å². The van der Waals surface area contributed by atoms with Crippen molar-refractivity contribution in [2.45, 2.75) is 65.3 Å². The first kappa shape index (κ1) is 22.8. The number of carbonyl (C=O) groups excluding carboxylic acids is 1. The minimum Gasteiger partial charge on any atom is -0.444 e. The van der Waals surface area contributed by atoms with Crippen molar-refractivity contribution in [2.24, 2.45) is 0 Å². The molecule has 0 bridgehead atoms. The predicted molar refractivity (Wildman–Crippen MR) is 122 cm³/mol. The molecule has 0 spiro atoms. The second-order valence-corrected chi connectivity index (χ2v) is 10.4. The molecule has 3 rings (SSSR count). The maximum Gasteiger partial charge on any atom is 0.492 e. The monoisotopic (exact) mass is 477 g/mol. The summed E-state index contributed by atoms with van der Waals surface area (Å²) in [6.45, 7) is 13.7. The van der Waals surface area contributed by atoms with Crippen molar-refractivity contribution in [3.05, 3.63) is 33.8 Å². The maximum atomic E-state index is 12.2. The van der Waals surface area contributed by atoms with Gasteiger partial charge in [0.15, 0.2) is 0 Å². The van der Waals surface area contributed by atoms with E-state index in [0.717, 1.165) is 26.5 Å². The minimum absolute atomic E-state index is 0.211. The van der Waals surface area contributed by atoms with E-state index >= 15 is 0 Å². The van der Waals surface area contributed by atoms with E-state index in [1.807, 2.05) is 72.7 Å². The van der Waals surface area contributed by atoms with Crippen LogP contribution in [0.25, 0.3) is 17.0 Å². The Hall–Kier alpha value is -1.84. The van der Waals surface area contributed by atoms with Gasteiger partial charge in [0, 0.05) is 16.4 Å². The molecule has 7 nitrogen and oxygen atoms in total.